The van der Waals surface area contributed by atoms with Gasteiger partial charge in [-0.3, -0.25) is 9.59 Å². The van der Waals surface area contributed by atoms with Crippen molar-refractivity contribution in [3.8, 4) is 11.5 Å². The number of fused-ring (bicyclic) bond motifs is 1. The zero-order valence-corrected chi connectivity index (χ0v) is 20.9. The Balaban J connectivity index is 1.29. The van der Waals surface area contributed by atoms with Gasteiger partial charge in [0.1, 0.15) is 22.6 Å². The van der Waals surface area contributed by atoms with Crippen molar-refractivity contribution < 1.29 is 23.5 Å². The Labute approximate surface area is 215 Å². The van der Waals surface area contributed by atoms with Crippen molar-refractivity contribution in [1.29, 1.82) is 0 Å². The Kier molecular flexibility index (Phi) is 8.36. The molecule has 0 bridgehead atoms. The smallest absolute Gasteiger partial charge is 0.349 e. The average Bonchev–Trinajstić information content (AvgIpc) is 2.87. The van der Waals surface area contributed by atoms with Gasteiger partial charge < -0.3 is 19.2 Å². The van der Waals surface area contributed by atoms with Crippen LogP contribution in [-0.4, -0.2) is 25.0 Å². The van der Waals surface area contributed by atoms with E-state index < -0.39 is 17.5 Å². The summed E-state index contributed by atoms with van der Waals surface area (Å²) in [6, 6.07) is 21.9. The van der Waals surface area contributed by atoms with Crippen molar-refractivity contribution in [2.45, 2.75) is 33.1 Å². The summed E-state index contributed by atoms with van der Waals surface area (Å²) >= 11 is 0. The lowest BCUT2D eigenvalue weighted by Crippen LogP contribution is -2.29. The van der Waals surface area contributed by atoms with Crippen LogP contribution in [0.5, 0.6) is 11.5 Å². The Bertz CT molecular complexity index is 1460. The third kappa shape index (κ3) is 7.07. The van der Waals surface area contributed by atoms with Crippen molar-refractivity contribution in [1.82, 2.24) is 5.32 Å². The molecule has 1 amide bonds. The predicted octanol–water partition coefficient (Wildman–Crippen LogP) is 5.15. The second-order valence-electron chi connectivity index (χ2n) is 8.83. The largest absolute Gasteiger partial charge is 0.493 e. The fourth-order valence-corrected chi connectivity index (χ4v) is 3.92. The molecule has 1 heterocycles. The number of carbonyl (C=O) groups is 2. The minimum atomic E-state index is -0.753. The molecule has 0 saturated carbocycles. The van der Waals surface area contributed by atoms with Gasteiger partial charge in [-0.1, -0.05) is 48.0 Å². The van der Waals surface area contributed by atoms with Crippen LogP contribution in [0, 0.1) is 13.8 Å². The van der Waals surface area contributed by atoms with Crippen LogP contribution >= 0.6 is 0 Å². The van der Waals surface area contributed by atoms with Crippen molar-refractivity contribution >= 4 is 22.8 Å². The highest BCUT2D eigenvalue weighted by atomic mass is 16.5. The molecule has 1 aromatic heterocycles. The number of rotatable bonds is 10. The molecule has 190 valence electrons. The number of hydrogen-bond donors (Lipinski definition) is 1. The molecule has 0 aliphatic carbocycles. The van der Waals surface area contributed by atoms with Gasteiger partial charge in [0.15, 0.2) is 0 Å². The minimum absolute atomic E-state index is 0.0749. The molecular formula is C30H29NO6. The molecule has 3 aromatic carbocycles. The van der Waals surface area contributed by atoms with Gasteiger partial charge in [0.2, 0.25) is 0 Å². The lowest BCUT2D eigenvalue weighted by molar-refractivity contribution is -0.134. The van der Waals surface area contributed by atoms with Gasteiger partial charge in [0.25, 0.3) is 5.91 Å². The molecule has 0 saturated heterocycles. The van der Waals surface area contributed by atoms with Crippen LogP contribution in [0.1, 0.15) is 39.9 Å². The van der Waals surface area contributed by atoms with Crippen LogP contribution in [0.15, 0.2) is 82.0 Å². The number of nitrogens with one attached hydrogen (secondary N) is 1. The highest BCUT2D eigenvalue weighted by Gasteiger charge is 2.15. The maximum atomic E-state index is 12.5. The number of hydrogen-bond acceptors (Lipinski definition) is 6. The molecule has 0 aliphatic rings. The van der Waals surface area contributed by atoms with E-state index in [0.29, 0.717) is 31.4 Å². The van der Waals surface area contributed by atoms with Gasteiger partial charge in [-0.05, 0) is 62.1 Å². The number of carbonyl (C=O) groups excluding carboxylic acids is 2. The van der Waals surface area contributed by atoms with Crippen molar-refractivity contribution in [2.24, 2.45) is 0 Å². The second kappa shape index (κ2) is 12.0. The van der Waals surface area contributed by atoms with Crippen LogP contribution in [0.4, 0.5) is 0 Å². The van der Waals surface area contributed by atoms with E-state index in [4.69, 9.17) is 13.9 Å². The van der Waals surface area contributed by atoms with E-state index >= 15 is 0 Å². The minimum Gasteiger partial charge on any atom is -0.493 e. The number of ether oxygens (including phenoxy) is 2. The lowest BCUT2D eigenvalue weighted by atomic mass is 10.1. The standard InChI is InChI=1S/C30H29NO6/c1-20-10-13-26(21(2)17-20)35-16-6-9-28(32)36-24-12-11-23-18-25(30(34)37-27(23)19-24)29(33)31-15-14-22-7-4-3-5-8-22/h3-5,7-8,10-13,17-19H,6,9,14-16H2,1-2H3,(H,31,33). The molecule has 0 fully saturated rings. The first kappa shape index (κ1) is 25.7. The van der Waals surface area contributed by atoms with Crippen molar-refractivity contribution in [3.05, 3.63) is 105 Å². The molecule has 7 heteroatoms. The quantitative estimate of drug-likeness (QED) is 0.140. The highest BCUT2D eigenvalue weighted by molar-refractivity contribution is 5.96. The summed E-state index contributed by atoms with van der Waals surface area (Å²) < 4.78 is 16.5. The zero-order valence-electron chi connectivity index (χ0n) is 20.9. The molecule has 7 nitrogen and oxygen atoms in total. The summed E-state index contributed by atoms with van der Waals surface area (Å²) in [6.07, 6.45) is 1.32. The zero-order chi connectivity index (χ0) is 26.2. The van der Waals surface area contributed by atoms with Crippen LogP contribution in [-0.2, 0) is 11.2 Å². The maximum Gasteiger partial charge on any atom is 0.349 e. The molecule has 0 aliphatic heterocycles. The number of benzene rings is 3. The van der Waals surface area contributed by atoms with Crippen LogP contribution < -0.4 is 20.4 Å². The topological polar surface area (TPSA) is 94.8 Å². The Morgan fingerprint density at radius 1 is 0.946 bits per heavy atom. The van der Waals surface area contributed by atoms with E-state index in [1.165, 1.54) is 12.1 Å². The molecule has 0 radical (unpaired) electrons. The number of aryl methyl sites for hydroxylation is 2. The normalized spacial score (nSPS) is 10.8. The Hall–Kier alpha value is -4.39. The number of esters is 1. The number of amides is 1. The fraction of sp³-hybridized carbons (Fsp3) is 0.233. The lowest BCUT2D eigenvalue weighted by Gasteiger charge is -2.10. The van der Waals surface area contributed by atoms with Crippen molar-refractivity contribution in [2.75, 3.05) is 13.2 Å². The summed E-state index contributed by atoms with van der Waals surface area (Å²) in [4.78, 5) is 37.2. The van der Waals surface area contributed by atoms with Gasteiger partial charge in [0.05, 0.1) is 6.61 Å². The Morgan fingerprint density at radius 3 is 2.54 bits per heavy atom. The van der Waals surface area contributed by atoms with Crippen molar-refractivity contribution in [3.63, 3.8) is 0 Å². The predicted molar refractivity (Wildman–Crippen MR) is 141 cm³/mol. The van der Waals surface area contributed by atoms with Gasteiger partial charge in [-0.25, -0.2) is 4.79 Å². The summed E-state index contributed by atoms with van der Waals surface area (Å²) in [5.41, 5.74) is 2.70. The van der Waals surface area contributed by atoms with Gasteiger partial charge in [-0.2, -0.15) is 0 Å². The first-order valence-electron chi connectivity index (χ1n) is 12.2. The van der Waals surface area contributed by atoms with E-state index in [1.807, 2.05) is 62.4 Å². The van der Waals surface area contributed by atoms with Gasteiger partial charge in [-0.15, -0.1) is 0 Å². The summed E-state index contributed by atoms with van der Waals surface area (Å²) in [5.74, 6) is 0.147. The Morgan fingerprint density at radius 2 is 1.76 bits per heavy atom. The van der Waals surface area contributed by atoms with Crippen LogP contribution in [0.2, 0.25) is 0 Å². The monoisotopic (exact) mass is 499 g/mol. The van der Waals surface area contributed by atoms with Crippen LogP contribution in [0.3, 0.4) is 0 Å². The van der Waals surface area contributed by atoms with E-state index in [0.717, 1.165) is 22.4 Å². The molecule has 0 unspecified atom stereocenters. The second-order valence-corrected chi connectivity index (χ2v) is 8.83. The van der Waals surface area contributed by atoms with Gasteiger partial charge in [0, 0.05) is 24.4 Å². The molecule has 0 atom stereocenters. The van der Waals surface area contributed by atoms with E-state index in [2.05, 4.69) is 5.32 Å². The molecule has 4 aromatic rings. The third-order valence-corrected chi connectivity index (χ3v) is 5.84. The SMILES string of the molecule is Cc1ccc(OCCCC(=O)Oc2ccc3cc(C(=O)NCCc4ccccc4)c(=O)oc3c2)c(C)c1. The molecule has 37 heavy (non-hydrogen) atoms. The molecule has 4 rings (SSSR count). The molecule has 0 spiro atoms. The van der Waals surface area contributed by atoms with E-state index in [1.54, 1.807) is 12.1 Å². The maximum absolute atomic E-state index is 12.5. The molecule has 1 N–H and O–H groups in total. The first-order chi connectivity index (χ1) is 17.9. The average molecular weight is 500 g/mol. The van der Waals surface area contributed by atoms with E-state index in [-0.39, 0.29) is 23.3 Å². The van der Waals surface area contributed by atoms with Crippen LogP contribution in [0.25, 0.3) is 11.0 Å². The highest BCUT2D eigenvalue weighted by Crippen LogP contribution is 2.22. The first-order valence-corrected chi connectivity index (χ1v) is 12.2. The fourth-order valence-electron chi connectivity index (χ4n) is 3.92. The van der Waals surface area contributed by atoms with Gasteiger partial charge >= 0.3 is 11.6 Å². The van der Waals surface area contributed by atoms with E-state index in [9.17, 15) is 14.4 Å². The third-order valence-electron chi connectivity index (χ3n) is 5.84. The molecular weight excluding hydrogens is 470 g/mol. The summed E-state index contributed by atoms with van der Waals surface area (Å²) in [7, 11) is 0. The summed E-state index contributed by atoms with van der Waals surface area (Å²) in [5, 5.41) is 3.30. The summed E-state index contributed by atoms with van der Waals surface area (Å²) in [6.45, 7) is 4.79.